The van der Waals surface area contributed by atoms with E-state index in [-0.39, 0.29) is 5.97 Å². The Morgan fingerprint density at radius 1 is 1.11 bits per heavy atom. The molecule has 0 N–H and O–H groups in total. The molecule has 0 amide bonds. The Labute approximate surface area is 164 Å². The largest absolute Gasteiger partial charge is 0.461 e. The highest BCUT2D eigenvalue weighted by Crippen LogP contribution is 2.25. The smallest absolute Gasteiger partial charge is 0.359 e. The number of fused-ring (bicyclic) bond motifs is 1. The van der Waals surface area contributed by atoms with Crippen LogP contribution in [0.5, 0.6) is 0 Å². The molecule has 6 heteroatoms. The Bertz CT molecular complexity index is 938. The fourth-order valence-electron chi connectivity index (χ4n) is 3.65. The molecule has 28 heavy (non-hydrogen) atoms. The van der Waals surface area contributed by atoms with Gasteiger partial charge in [-0.05, 0) is 24.6 Å². The first-order valence-electron chi connectivity index (χ1n) is 9.66. The van der Waals surface area contributed by atoms with Crippen molar-refractivity contribution in [3.8, 4) is 0 Å². The third-order valence-electron chi connectivity index (χ3n) is 4.97. The van der Waals surface area contributed by atoms with Crippen LogP contribution in [-0.4, -0.2) is 38.8 Å². The summed E-state index contributed by atoms with van der Waals surface area (Å²) >= 11 is 0. The van der Waals surface area contributed by atoms with E-state index in [0.29, 0.717) is 25.4 Å². The molecular formula is C22H24N4O2. The zero-order chi connectivity index (χ0) is 19.3. The molecule has 1 aliphatic rings. The Kier molecular flexibility index (Phi) is 5.48. The Hall–Kier alpha value is -2.99. The monoisotopic (exact) mass is 376 g/mol. The molecule has 0 spiro atoms. The summed E-state index contributed by atoms with van der Waals surface area (Å²) in [5.74, 6) is -0.342. The molecular weight excluding hydrogens is 352 g/mol. The number of esters is 1. The van der Waals surface area contributed by atoms with Crippen LogP contribution in [0.4, 0.5) is 0 Å². The molecule has 144 valence electrons. The molecule has 0 radical (unpaired) electrons. The standard InChI is InChI=1S/C22H24N4O2/c1-2-28-22(27)21-19-16-25(15-18-10-6-7-12-23-18)13-11-20(19)26(24-21)14-17-8-4-3-5-9-17/h3-10,12H,2,11,13-16H2,1H3. The minimum Gasteiger partial charge on any atom is -0.461 e. The second-order valence-corrected chi connectivity index (χ2v) is 6.92. The molecule has 2 aromatic heterocycles. The summed E-state index contributed by atoms with van der Waals surface area (Å²) in [6.07, 6.45) is 2.66. The van der Waals surface area contributed by atoms with E-state index in [1.807, 2.05) is 54.2 Å². The number of rotatable bonds is 6. The lowest BCUT2D eigenvalue weighted by Crippen LogP contribution is -2.31. The number of nitrogens with zero attached hydrogens (tertiary/aromatic N) is 4. The lowest BCUT2D eigenvalue weighted by molar-refractivity contribution is 0.0515. The highest BCUT2D eigenvalue weighted by atomic mass is 16.5. The molecule has 0 saturated carbocycles. The zero-order valence-electron chi connectivity index (χ0n) is 16.0. The van der Waals surface area contributed by atoms with Crippen molar-refractivity contribution in [2.45, 2.75) is 33.0 Å². The Morgan fingerprint density at radius 2 is 1.93 bits per heavy atom. The molecule has 3 aromatic rings. The lowest BCUT2D eigenvalue weighted by Gasteiger charge is -2.27. The number of pyridine rings is 1. The van der Waals surface area contributed by atoms with Gasteiger partial charge in [0, 0.05) is 43.5 Å². The minimum atomic E-state index is -0.342. The summed E-state index contributed by atoms with van der Waals surface area (Å²) in [6, 6.07) is 16.1. The van der Waals surface area contributed by atoms with E-state index in [2.05, 4.69) is 27.1 Å². The highest BCUT2D eigenvalue weighted by Gasteiger charge is 2.29. The maximum absolute atomic E-state index is 12.5. The van der Waals surface area contributed by atoms with E-state index in [4.69, 9.17) is 4.74 Å². The zero-order valence-corrected chi connectivity index (χ0v) is 16.0. The number of ether oxygens (including phenoxy) is 1. The van der Waals surface area contributed by atoms with Gasteiger partial charge in [-0.3, -0.25) is 14.6 Å². The van der Waals surface area contributed by atoms with E-state index >= 15 is 0 Å². The SMILES string of the molecule is CCOC(=O)c1nn(Cc2ccccc2)c2c1CN(Cc1ccccn1)CC2. The Balaban J connectivity index is 1.61. The first kappa shape index (κ1) is 18.4. The van der Waals surface area contributed by atoms with Gasteiger partial charge in [-0.2, -0.15) is 5.10 Å². The van der Waals surface area contributed by atoms with Crippen LogP contribution in [0.3, 0.4) is 0 Å². The van der Waals surface area contributed by atoms with Crippen LogP contribution in [0.1, 0.15) is 39.9 Å². The average Bonchev–Trinajstić information content (AvgIpc) is 3.07. The van der Waals surface area contributed by atoms with Crippen LogP contribution < -0.4 is 0 Å². The molecule has 1 aromatic carbocycles. The van der Waals surface area contributed by atoms with Gasteiger partial charge in [-0.25, -0.2) is 4.79 Å². The molecule has 0 unspecified atom stereocenters. The van der Waals surface area contributed by atoms with Crippen molar-refractivity contribution in [2.24, 2.45) is 0 Å². The predicted molar refractivity (Wildman–Crippen MR) is 106 cm³/mol. The van der Waals surface area contributed by atoms with Crippen LogP contribution in [-0.2, 0) is 30.8 Å². The topological polar surface area (TPSA) is 60.2 Å². The van der Waals surface area contributed by atoms with Gasteiger partial charge in [0.1, 0.15) is 0 Å². The Morgan fingerprint density at radius 3 is 2.68 bits per heavy atom. The molecule has 0 atom stereocenters. The number of carbonyl (C=O) groups is 1. The van der Waals surface area contributed by atoms with Crippen LogP contribution in [0.15, 0.2) is 54.7 Å². The molecule has 0 fully saturated rings. The van der Waals surface area contributed by atoms with Gasteiger partial charge < -0.3 is 4.74 Å². The predicted octanol–water partition coefficient (Wildman–Crippen LogP) is 3.06. The molecule has 6 nitrogen and oxygen atoms in total. The van der Waals surface area contributed by atoms with E-state index in [9.17, 15) is 4.79 Å². The van der Waals surface area contributed by atoms with E-state index in [1.165, 1.54) is 5.56 Å². The van der Waals surface area contributed by atoms with Crippen molar-refractivity contribution in [3.05, 3.63) is 82.9 Å². The molecule has 0 aliphatic carbocycles. The van der Waals surface area contributed by atoms with Crippen LogP contribution in [0.2, 0.25) is 0 Å². The lowest BCUT2D eigenvalue weighted by atomic mass is 10.0. The van der Waals surface area contributed by atoms with Gasteiger partial charge in [-0.1, -0.05) is 36.4 Å². The summed E-state index contributed by atoms with van der Waals surface area (Å²) in [5, 5.41) is 4.65. The summed E-state index contributed by atoms with van der Waals surface area (Å²) in [6.45, 7) is 5.16. The van der Waals surface area contributed by atoms with Crippen molar-refractivity contribution >= 4 is 5.97 Å². The quantitative estimate of drug-likeness (QED) is 0.619. The molecule has 0 bridgehead atoms. The summed E-state index contributed by atoms with van der Waals surface area (Å²) < 4.78 is 7.23. The van der Waals surface area contributed by atoms with Gasteiger partial charge >= 0.3 is 5.97 Å². The first-order chi connectivity index (χ1) is 13.7. The second-order valence-electron chi connectivity index (χ2n) is 6.92. The third kappa shape index (κ3) is 3.97. The molecule has 3 heterocycles. The number of carbonyl (C=O) groups excluding carboxylic acids is 1. The van der Waals surface area contributed by atoms with E-state index in [1.54, 1.807) is 0 Å². The van der Waals surface area contributed by atoms with Crippen molar-refractivity contribution in [2.75, 3.05) is 13.2 Å². The molecule has 1 aliphatic heterocycles. The minimum absolute atomic E-state index is 0.342. The fraction of sp³-hybridized carbons (Fsp3) is 0.318. The maximum Gasteiger partial charge on any atom is 0.359 e. The summed E-state index contributed by atoms with van der Waals surface area (Å²) in [7, 11) is 0. The average molecular weight is 376 g/mol. The van der Waals surface area contributed by atoms with Gasteiger partial charge in [0.2, 0.25) is 0 Å². The maximum atomic E-state index is 12.5. The third-order valence-corrected chi connectivity index (χ3v) is 4.97. The van der Waals surface area contributed by atoms with Gasteiger partial charge in [0.05, 0.1) is 18.8 Å². The van der Waals surface area contributed by atoms with Crippen LogP contribution >= 0.6 is 0 Å². The second kappa shape index (κ2) is 8.35. The fourth-order valence-corrected chi connectivity index (χ4v) is 3.65. The van der Waals surface area contributed by atoms with E-state index in [0.717, 1.165) is 36.5 Å². The van der Waals surface area contributed by atoms with E-state index < -0.39 is 0 Å². The number of benzene rings is 1. The number of hydrogen-bond acceptors (Lipinski definition) is 5. The molecule has 0 saturated heterocycles. The number of hydrogen-bond donors (Lipinski definition) is 0. The summed E-state index contributed by atoms with van der Waals surface area (Å²) in [5.41, 5.74) is 4.75. The summed E-state index contributed by atoms with van der Waals surface area (Å²) in [4.78, 5) is 19.2. The van der Waals surface area contributed by atoms with Crippen molar-refractivity contribution in [1.82, 2.24) is 19.7 Å². The van der Waals surface area contributed by atoms with Crippen molar-refractivity contribution in [3.63, 3.8) is 0 Å². The molecule has 4 rings (SSSR count). The first-order valence-corrected chi connectivity index (χ1v) is 9.66. The van der Waals surface area contributed by atoms with Crippen molar-refractivity contribution in [1.29, 1.82) is 0 Å². The highest BCUT2D eigenvalue weighted by molar-refractivity contribution is 5.89. The number of aromatic nitrogens is 3. The van der Waals surface area contributed by atoms with Gasteiger partial charge in [0.25, 0.3) is 0 Å². The van der Waals surface area contributed by atoms with Crippen molar-refractivity contribution < 1.29 is 9.53 Å². The van der Waals surface area contributed by atoms with Gasteiger partial charge in [-0.15, -0.1) is 0 Å². The van der Waals surface area contributed by atoms with Gasteiger partial charge in [0.15, 0.2) is 5.69 Å². The normalized spacial score (nSPS) is 13.9. The van der Waals surface area contributed by atoms with Crippen LogP contribution in [0, 0.1) is 0 Å². The van der Waals surface area contributed by atoms with Crippen LogP contribution in [0.25, 0.3) is 0 Å².